The van der Waals surface area contributed by atoms with Crippen molar-refractivity contribution in [2.75, 3.05) is 6.54 Å². The third kappa shape index (κ3) is 4.22. The summed E-state index contributed by atoms with van der Waals surface area (Å²) in [5.41, 5.74) is 2.31. The van der Waals surface area contributed by atoms with Crippen molar-refractivity contribution in [3.05, 3.63) is 70.3 Å². The molecule has 0 aliphatic rings. The molecule has 0 bridgehead atoms. The van der Waals surface area contributed by atoms with Crippen molar-refractivity contribution < 1.29 is 22.8 Å². The Kier molecular flexibility index (Phi) is 5.07. The molecular weight excluding hydrogens is 319 g/mol. The minimum Gasteiger partial charge on any atom is -0.343 e. The molecule has 0 radical (unpaired) electrons. The molecule has 24 heavy (non-hydrogen) atoms. The number of carbonyl (C=O) groups is 2. The molecule has 0 fully saturated rings. The number of hydrogen-bond acceptors (Lipinski definition) is 2. The minimum absolute atomic E-state index is 0.0698. The van der Waals surface area contributed by atoms with Crippen LogP contribution in [0.15, 0.2) is 42.5 Å². The van der Waals surface area contributed by atoms with Gasteiger partial charge in [0.1, 0.15) is 6.54 Å². The molecule has 0 saturated heterocycles. The van der Waals surface area contributed by atoms with E-state index in [4.69, 9.17) is 0 Å². The Labute approximate surface area is 137 Å². The fourth-order valence-corrected chi connectivity index (χ4v) is 2.19. The van der Waals surface area contributed by atoms with Gasteiger partial charge in [-0.3, -0.25) is 9.59 Å². The van der Waals surface area contributed by atoms with Gasteiger partial charge < -0.3 is 5.32 Å². The predicted molar refractivity (Wildman–Crippen MR) is 84.2 cm³/mol. The van der Waals surface area contributed by atoms with Crippen LogP contribution in [0.25, 0.3) is 0 Å². The van der Waals surface area contributed by atoms with Crippen LogP contribution in [0.3, 0.4) is 0 Å². The van der Waals surface area contributed by atoms with Gasteiger partial charge in [0, 0.05) is 11.1 Å². The molecule has 126 valence electrons. The molecule has 2 aromatic carbocycles. The summed E-state index contributed by atoms with van der Waals surface area (Å²) in [6.45, 7) is 2.31. The first-order chi connectivity index (χ1) is 11.2. The highest BCUT2D eigenvalue weighted by molar-refractivity contribution is 6.15. The quantitative estimate of drug-likeness (QED) is 0.863. The summed E-state index contributed by atoms with van der Waals surface area (Å²) in [7, 11) is 0. The fourth-order valence-electron chi connectivity index (χ4n) is 2.19. The lowest BCUT2D eigenvalue weighted by molar-refractivity contribution is -0.123. The van der Waals surface area contributed by atoms with Crippen LogP contribution >= 0.6 is 0 Å². The van der Waals surface area contributed by atoms with Gasteiger partial charge in [0.2, 0.25) is 0 Å². The van der Waals surface area contributed by atoms with Crippen LogP contribution in [0.5, 0.6) is 0 Å². The Morgan fingerprint density at radius 1 is 0.958 bits per heavy atom. The van der Waals surface area contributed by atoms with E-state index in [-0.39, 0.29) is 11.1 Å². The second-order valence-corrected chi connectivity index (χ2v) is 5.47. The van der Waals surface area contributed by atoms with E-state index in [1.165, 1.54) is 18.2 Å². The van der Waals surface area contributed by atoms with Crippen LogP contribution < -0.4 is 5.32 Å². The number of ketones is 1. The zero-order chi connectivity index (χ0) is 17.9. The summed E-state index contributed by atoms with van der Waals surface area (Å²) in [6, 6.07) is 10.9. The first-order valence-electron chi connectivity index (χ1n) is 7.25. The first-order valence-corrected chi connectivity index (χ1v) is 7.25. The number of hydrogen-bond donors (Lipinski definition) is 1. The number of nitrogens with one attached hydrogen (secondary N) is 1. The molecule has 3 nitrogen and oxygen atoms in total. The van der Waals surface area contributed by atoms with E-state index >= 15 is 0 Å². The summed E-state index contributed by atoms with van der Waals surface area (Å²) < 4.78 is 36.8. The highest BCUT2D eigenvalue weighted by Gasteiger charge is 2.28. The molecule has 0 saturated carbocycles. The lowest BCUT2D eigenvalue weighted by Crippen LogP contribution is -2.34. The third-order valence-electron chi connectivity index (χ3n) is 3.63. The first kappa shape index (κ1) is 17.7. The van der Waals surface area contributed by atoms with E-state index < -0.39 is 24.4 Å². The normalized spacial score (nSPS) is 11.2. The largest absolute Gasteiger partial charge is 0.405 e. The second kappa shape index (κ2) is 6.86. The number of carbonyl (C=O) groups excluding carboxylic acids is 2. The van der Waals surface area contributed by atoms with Crippen LogP contribution in [-0.2, 0) is 0 Å². The van der Waals surface area contributed by atoms with Crippen LogP contribution in [0.1, 0.15) is 37.4 Å². The Bertz CT molecular complexity index is 782. The third-order valence-corrected chi connectivity index (χ3v) is 3.63. The lowest BCUT2D eigenvalue weighted by Gasteiger charge is -2.12. The van der Waals surface area contributed by atoms with Gasteiger partial charge in [-0.15, -0.1) is 0 Å². The molecule has 6 heteroatoms. The van der Waals surface area contributed by atoms with Crippen molar-refractivity contribution >= 4 is 11.7 Å². The molecule has 0 heterocycles. The van der Waals surface area contributed by atoms with E-state index in [2.05, 4.69) is 0 Å². The van der Waals surface area contributed by atoms with Gasteiger partial charge in [-0.1, -0.05) is 30.3 Å². The van der Waals surface area contributed by atoms with Gasteiger partial charge in [-0.05, 0) is 37.1 Å². The summed E-state index contributed by atoms with van der Waals surface area (Å²) in [5, 5.41) is 1.79. The second-order valence-electron chi connectivity index (χ2n) is 5.47. The maximum absolute atomic E-state index is 12.6. The van der Waals surface area contributed by atoms with E-state index in [1.807, 2.05) is 13.8 Å². The summed E-state index contributed by atoms with van der Waals surface area (Å²) in [6.07, 6.45) is -4.51. The van der Waals surface area contributed by atoms with Gasteiger partial charge in [0.05, 0.1) is 5.56 Å². The highest BCUT2D eigenvalue weighted by Crippen LogP contribution is 2.18. The van der Waals surface area contributed by atoms with Gasteiger partial charge in [0.25, 0.3) is 5.91 Å². The van der Waals surface area contributed by atoms with Gasteiger partial charge >= 0.3 is 6.18 Å². The molecule has 2 aromatic rings. The van der Waals surface area contributed by atoms with E-state index in [0.29, 0.717) is 5.56 Å². The molecule has 1 N–H and O–H groups in total. The molecule has 0 spiro atoms. The predicted octanol–water partition coefficient (Wildman–Crippen LogP) is 3.83. The number of benzene rings is 2. The smallest absolute Gasteiger partial charge is 0.343 e. The Morgan fingerprint density at radius 2 is 1.58 bits per heavy atom. The van der Waals surface area contributed by atoms with Crippen LogP contribution in [0.4, 0.5) is 13.2 Å². The van der Waals surface area contributed by atoms with Crippen molar-refractivity contribution in [1.82, 2.24) is 5.32 Å². The average molecular weight is 335 g/mol. The number of alkyl halides is 3. The van der Waals surface area contributed by atoms with Crippen LogP contribution in [0, 0.1) is 13.8 Å². The monoisotopic (exact) mass is 335 g/mol. The van der Waals surface area contributed by atoms with Crippen molar-refractivity contribution in [3.63, 3.8) is 0 Å². The van der Waals surface area contributed by atoms with Crippen molar-refractivity contribution in [1.29, 1.82) is 0 Å². The summed E-state index contributed by atoms with van der Waals surface area (Å²) >= 11 is 0. The van der Waals surface area contributed by atoms with Crippen LogP contribution in [-0.4, -0.2) is 24.4 Å². The molecule has 0 unspecified atom stereocenters. The van der Waals surface area contributed by atoms with Crippen molar-refractivity contribution in [2.24, 2.45) is 0 Å². The topological polar surface area (TPSA) is 46.2 Å². The molecule has 2 rings (SSSR count). The van der Waals surface area contributed by atoms with Crippen molar-refractivity contribution in [3.8, 4) is 0 Å². The number of rotatable bonds is 4. The zero-order valence-corrected chi connectivity index (χ0v) is 13.2. The zero-order valence-electron chi connectivity index (χ0n) is 13.2. The number of halogens is 3. The highest BCUT2D eigenvalue weighted by atomic mass is 19.4. The molecule has 0 aliphatic heterocycles. The molecular formula is C18H16F3NO2. The molecule has 0 aromatic heterocycles. The van der Waals surface area contributed by atoms with Gasteiger partial charge in [-0.2, -0.15) is 13.2 Å². The standard InChI is InChI=1S/C18H16F3NO2/c1-11-7-8-13(9-12(11)2)16(23)14-5-3-4-6-15(14)17(24)22-10-18(19,20)21/h3-9H,10H2,1-2H3,(H,22,24). The molecule has 1 amide bonds. The molecule has 0 aliphatic carbocycles. The maximum Gasteiger partial charge on any atom is 0.405 e. The minimum atomic E-state index is -4.51. The van der Waals surface area contributed by atoms with E-state index in [0.717, 1.165) is 11.1 Å². The van der Waals surface area contributed by atoms with Crippen LogP contribution in [0.2, 0.25) is 0 Å². The maximum atomic E-state index is 12.6. The number of aryl methyl sites for hydroxylation is 2. The summed E-state index contributed by atoms with van der Waals surface area (Å²) in [5.74, 6) is -1.34. The Hall–Kier alpha value is -2.63. The van der Waals surface area contributed by atoms with E-state index in [9.17, 15) is 22.8 Å². The van der Waals surface area contributed by atoms with Crippen molar-refractivity contribution in [2.45, 2.75) is 20.0 Å². The van der Waals surface area contributed by atoms with Gasteiger partial charge in [-0.25, -0.2) is 0 Å². The van der Waals surface area contributed by atoms with Gasteiger partial charge in [0.15, 0.2) is 5.78 Å². The lowest BCUT2D eigenvalue weighted by atomic mass is 9.95. The Morgan fingerprint density at radius 3 is 2.17 bits per heavy atom. The number of amides is 1. The van der Waals surface area contributed by atoms with E-state index in [1.54, 1.807) is 29.6 Å². The Balaban J connectivity index is 2.32. The average Bonchev–Trinajstić information content (AvgIpc) is 2.54. The SMILES string of the molecule is Cc1ccc(C(=O)c2ccccc2C(=O)NCC(F)(F)F)cc1C. The summed E-state index contributed by atoms with van der Waals surface area (Å²) in [4.78, 5) is 24.6. The molecule has 0 atom stereocenters. The fraction of sp³-hybridized carbons (Fsp3) is 0.222.